The minimum atomic E-state index is -4.22. The van der Waals surface area contributed by atoms with Gasteiger partial charge in [-0.05, 0) is 30.9 Å². The summed E-state index contributed by atoms with van der Waals surface area (Å²) in [6.07, 6.45) is 0.224. The van der Waals surface area contributed by atoms with Crippen LogP contribution < -0.4 is 10.6 Å². The Kier molecular flexibility index (Phi) is 6.83. The number of hydrogen-bond acceptors (Lipinski definition) is 3. The predicted octanol–water partition coefficient (Wildman–Crippen LogP) is 4.45. The van der Waals surface area contributed by atoms with Crippen LogP contribution in [0, 0.1) is 5.92 Å². The summed E-state index contributed by atoms with van der Waals surface area (Å²) in [7, 11) is 0. The molecule has 2 atom stereocenters. The lowest BCUT2D eigenvalue weighted by Gasteiger charge is -2.29. The highest BCUT2D eigenvalue weighted by Gasteiger charge is 2.27. The van der Waals surface area contributed by atoms with Crippen LogP contribution in [0.2, 0.25) is 0 Å². The number of hydrogen-bond donors (Lipinski definition) is 2. The largest absolute Gasteiger partial charge is 0.398 e. The maximum Gasteiger partial charge on any atom is 0.398 e. The van der Waals surface area contributed by atoms with Crippen LogP contribution in [0.25, 0.3) is 0 Å². The maximum atomic E-state index is 12.4. The number of carbonyl (C=O) groups excluding carboxylic acids is 1. The summed E-state index contributed by atoms with van der Waals surface area (Å²) in [5.74, 6) is -0.598. The van der Waals surface area contributed by atoms with E-state index in [4.69, 9.17) is 0 Å². The smallest absolute Gasteiger partial charge is 0.375 e. The van der Waals surface area contributed by atoms with Crippen molar-refractivity contribution in [1.82, 2.24) is 5.32 Å². The van der Waals surface area contributed by atoms with Gasteiger partial charge in [0.2, 0.25) is 5.91 Å². The molecule has 0 heterocycles. The van der Waals surface area contributed by atoms with Gasteiger partial charge in [0.15, 0.2) is 0 Å². The maximum absolute atomic E-state index is 12.4. The molecule has 0 unspecified atom stereocenters. The first-order valence-electron chi connectivity index (χ1n) is 8.17. The van der Waals surface area contributed by atoms with Crippen molar-refractivity contribution in [3.05, 3.63) is 24.3 Å². The number of anilines is 1. The second kappa shape index (κ2) is 8.65. The van der Waals surface area contributed by atoms with Crippen LogP contribution in [-0.2, 0) is 4.79 Å². The lowest BCUT2D eigenvalue weighted by atomic mass is 9.86. The second-order valence-corrected chi connectivity index (χ2v) is 7.21. The van der Waals surface area contributed by atoms with E-state index in [1.54, 1.807) is 24.3 Å². The van der Waals surface area contributed by atoms with E-state index in [1.807, 2.05) is 0 Å². The van der Waals surface area contributed by atoms with E-state index in [1.165, 1.54) is 6.42 Å². The summed E-state index contributed by atoms with van der Waals surface area (Å²) in [5, 5.41) is 5.98. The van der Waals surface area contributed by atoms with Crippen LogP contribution in [0.15, 0.2) is 29.2 Å². The van der Waals surface area contributed by atoms with Gasteiger partial charge in [-0.2, -0.15) is 13.2 Å². The third kappa shape index (κ3) is 6.26. The number of halogens is 3. The molecule has 1 fully saturated rings. The van der Waals surface area contributed by atoms with Crippen LogP contribution in [0.5, 0.6) is 0 Å². The molecule has 2 rings (SSSR count). The monoisotopic (exact) mass is 360 g/mol. The number of nitrogens with one attached hydrogen (secondary N) is 2. The average molecular weight is 360 g/mol. The van der Waals surface area contributed by atoms with Gasteiger partial charge >= 0.3 is 6.18 Å². The molecular formula is C17H23F3N2OS. The molecule has 0 radical (unpaired) electrons. The fourth-order valence-electron chi connectivity index (χ4n) is 2.86. The summed E-state index contributed by atoms with van der Waals surface area (Å²) < 4.78 is 37.1. The van der Waals surface area contributed by atoms with Gasteiger partial charge in [-0.25, -0.2) is 0 Å². The molecule has 3 nitrogen and oxygen atoms in total. The van der Waals surface area contributed by atoms with E-state index in [0.29, 0.717) is 16.5 Å². The fourth-order valence-corrected chi connectivity index (χ4v) is 3.65. The van der Waals surface area contributed by atoms with E-state index in [9.17, 15) is 18.0 Å². The molecule has 1 saturated carbocycles. The molecule has 1 aliphatic carbocycles. The molecule has 0 aliphatic heterocycles. The van der Waals surface area contributed by atoms with Crippen LogP contribution in [0.3, 0.4) is 0 Å². The van der Waals surface area contributed by atoms with Gasteiger partial charge in [0, 0.05) is 16.6 Å². The van der Waals surface area contributed by atoms with Crippen LogP contribution >= 0.6 is 11.8 Å². The van der Waals surface area contributed by atoms with Gasteiger partial charge in [-0.15, -0.1) is 11.8 Å². The lowest BCUT2D eigenvalue weighted by Crippen LogP contribution is -2.43. The first kappa shape index (κ1) is 19.0. The van der Waals surface area contributed by atoms with E-state index < -0.39 is 11.9 Å². The van der Waals surface area contributed by atoms with Crippen molar-refractivity contribution in [3.8, 4) is 0 Å². The van der Waals surface area contributed by atoms with Crippen LogP contribution in [0.4, 0.5) is 18.9 Å². The van der Waals surface area contributed by atoms with Gasteiger partial charge in [0.05, 0.1) is 12.3 Å². The molecule has 1 aromatic rings. The molecule has 0 bridgehead atoms. The predicted molar refractivity (Wildman–Crippen MR) is 91.3 cm³/mol. The Morgan fingerprint density at radius 3 is 2.67 bits per heavy atom. The SMILES string of the molecule is C[C@H]1CCCC[C@@H]1NC(=O)CNc1ccccc1SCC(F)(F)F. The van der Waals surface area contributed by atoms with Gasteiger partial charge < -0.3 is 10.6 Å². The van der Waals surface area contributed by atoms with E-state index in [2.05, 4.69) is 17.6 Å². The summed E-state index contributed by atoms with van der Waals surface area (Å²) in [6, 6.07) is 6.94. The molecule has 134 valence electrons. The molecule has 7 heteroatoms. The molecule has 0 spiro atoms. The number of thioether (sulfide) groups is 1. The van der Waals surface area contributed by atoms with E-state index in [-0.39, 0.29) is 18.5 Å². The normalized spacial score (nSPS) is 21.3. The Morgan fingerprint density at radius 1 is 1.25 bits per heavy atom. The van der Waals surface area contributed by atoms with Gasteiger partial charge in [0.25, 0.3) is 0 Å². The van der Waals surface area contributed by atoms with Crippen molar-refractivity contribution in [1.29, 1.82) is 0 Å². The van der Waals surface area contributed by atoms with Crippen molar-refractivity contribution in [2.75, 3.05) is 17.6 Å². The zero-order chi connectivity index (χ0) is 17.6. The summed E-state index contributed by atoms with van der Waals surface area (Å²) >= 11 is 0.723. The highest BCUT2D eigenvalue weighted by atomic mass is 32.2. The third-order valence-corrected chi connectivity index (χ3v) is 5.31. The number of rotatable bonds is 6. The highest BCUT2D eigenvalue weighted by molar-refractivity contribution is 7.99. The number of para-hydroxylation sites is 1. The van der Waals surface area contributed by atoms with E-state index >= 15 is 0 Å². The van der Waals surface area contributed by atoms with Crippen molar-refractivity contribution >= 4 is 23.4 Å². The molecule has 1 aliphatic rings. The molecule has 24 heavy (non-hydrogen) atoms. The third-order valence-electron chi connectivity index (χ3n) is 4.18. The highest BCUT2D eigenvalue weighted by Crippen LogP contribution is 2.32. The molecule has 2 N–H and O–H groups in total. The van der Waals surface area contributed by atoms with Gasteiger partial charge in [0.1, 0.15) is 0 Å². The summed E-state index contributed by atoms with van der Waals surface area (Å²) in [5.41, 5.74) is 0.554. The molecular weight excluding hydrogens is 337 g/mol. The van der Waals surface area contributed by atoms with E-state index in [0.717, 1.165) is 31.0 Å². The average Bonchev–Trinajstić information content (AvgIpc) is 2.53. The van der Waals surface area contributed by atoms with Crippen LogP contribution in [-0.4, -0.2) is 30.4 Å². The Balaban J connectivity index is 1.86. The van der Waals surface area contributed by atoms with Crippen molar-refractivity contribution in [3.63, 3.8) is 0 Å². The quantitative estimate of drug-likeness (QED) is 0.737. The molecule has 1 aromatic carbocycles. The number of alkyl halides is 3. The minimum absolute atomic E-state index is 0.0623. The second-order valence-electron chi connectivity index (χ2n) is 6.19. The Hall–Kier alpha value is -1.37. The van der Waals surface area contributed by atoms with Crippen molar-refractivity contribution < 1.29 is 18.0 Å². The first-order valence-corrected chi connectivity index (χ1v) is 9.15. The molecule has 0 aromatic heterocycles. The van der Waals surface area contributed by atoms with Gasteiger partial charge in [-0.3, -0.25) is 4.79 Å². The fraction of sp³-hybridized carbons (Fsp3) is 0.588. The molecule has 1 amide bonds. The summed E-state index contributed by atoms with van der Waals surface area (Å²) in [6.45, 7) is 2.20. The van der Waals surface area contributed by atoms with Crippen LogP contribution in [0.1, 0.15) is 32.6 Å². The summed E-state index contributed by atoms with van der Waals surface area (Å²) in [4.78, 5) is 12.6. The number of amides is 1. The van der Waals surface area contributed by atoms with Gasteiger partial charge in [-0.1, -0.05) is 31.9 Å². The minimum Gasteiger partial charge on any atom is -0.375 e. The van der Waals surface area contributed by atoms with Crippen molar-refractivity contribution in [2.24, 2.45) is 5.92 Å². The Bertz CT molecular complexity index is 551. The zero-order valence-corrected chi connectivity index (χ0v) is 14.5. The topological polar surface area (TPSA) is 41.1 Å². The number of carbonyl (C=O) groups is 1. The Morgan fingerprint density at radius 2 is 1.96 bits per heavy atom. The first-order chi connectivity index (χ1) is 11.3. The van der Waals surface area contributed by atoms with Crippen molar-refractivity contribution in [2.45, 2.75) is 49.7 Å². The molecule has 0 saturated heterocycles. The standard InChI is InChI=1S/C17H23F3N2OS/c1-12-6-2-3-7-13(12)22-16(23)10-21-14-8-4-5-9-15(14)24-11-17(18,19)20/h4-5,8-9,12-13,21H,2-3,6-7,10-11H2,1H3,(H,22,23)/t12-,13-/m0/s1. The Labute approximate surface area is 144 Å². The number of benzene rings is 1. The lowest BCUT2D eigenvalue weighted by molar-refractivity contribution is -0.120. The zero-order valence-electron chi connectivity index (χ0n) is 13.7.